The Morgan fingerprint density at radius 1 is 0.660 bits per heavy atom. The number of hydrogen-bond donors (Lipinski definition) is 0. The molecule has 0 amide bonds. The van der Waals surface area contributed by atoms with Gasteiger partial charge in [0.2, 0.25) is 0 Å². The molecule has 0 radical (unpaired) electrons. The van der Waals surface area contributed by atoms with Gasteiger partial charge in [-0.05, 0) is 0 Å². The van der Waals surface area contributed by atoms with Gasteiger partial charge >= 0.3 is 276 Å². The number of benzene rings is 4. The van der Waals surface area contributed by atoms with Gasteiger partial charge in [0.1, 0.15) is 0 Å². The quantitative estimate of drug-likeness (QED) is 0.172. The molecule has 1 saturated carbocycles. The van der Waals surface area contributed by atoms with Gasteiger partial charge in [0.05, 0.1) is 0 Å². The van der Waals surface area contributed by atoms with Crippen LogP contribution in [0.4, 0.5) is 0 Å². The fourth-order valence-electron chi connectivity index (χ4n) is 9.69. The minimum atomic E-state index is -3.67. The van der Waals surface area contributed by atoms with Crippen molar-refractivity contribution in [2.75, 3.05) is 0 Å². The molecule has 3 aliphatic rings. The van der Waals surface area contributed by atoms with E-state index in [1.807, 2.05) is 0 Å². The van der Waals surface area contributed by atoms with Crippen molar-refractivity contribution in [1.29, 1.82) is 0 Å². The van der Waals surface area contributed by atoms with Crippen LogP contribution in [0, 0.1) is 12.8 Å². The average molecular weight is 759 g/mol. The maximum absolute atomic E-state index is 3.67. The summed E-state index contributed by atoms with van der Waals surface area (Å²) in [7, 11) is 0. The standard InChI is InChI=1S/C24H27.C17H15.2CH3.2ClH.H2Si.Zr/c1-17(2)22-15-21-9-6-10-23(24(21)16-22)20-13-11-19(12-14-20)18-7-4-3-5-8-18;1-12-10-16-13(2)8-9-15(17(16)11-12)14-6-4-3-5-7-14;;;;;;/h6,9-18H,3-5,7-8H2,1-2H3;3-11H,1-2H3;2*1H3;2*1H;1H2;. The molecule has 47 heavy (non-hydrogen) atoms. The van der Waals surface area contributed by atoms with Crippen LogP contribution in [0.5, 0.6) is 0 Å². The minimum absolute atomic E-state index is 0. The zero-order chi connectivity index (χ0) is 31.5. The molecule has 7 rings (SSSR count). The van der Waals surface area contributed by atoms with Crippen molar-refractivity contribution in [2.45, 2.75) is 82.2 Å². The number of allylic oxidation sites excluding steroid dienone is 2. The maximum atomic E-state index is 2.78. The van der Waals surface area contributed by atoms with E-state index in [4.69, 9.17) is 0 Å². The number of aryl methyl sites for hydroxylation is 1. The van der Waals surface area contributed by atoms with E-state index in [0.717, 1.165) is 5.92 Å². The summed E-state index contributed by atoms with van der Waals surface area (Å²) in [6.07, 6.45) is 12.1. The molecule has 0 nitrogen and oxygen atoms in total. The Morgan fingerprint density at radius 3 is 1.96 bits per heavy atom. The molecule has 2 atom stereocenters. The predicted octanol–water partition coefficient (Wildman–Crippen LogP) is 12.8. The molecule has 0 saturated heterocycles. The van der Waals surface area contributed by atoms with E-state index in [-0.39, 0.29) is 24.8 Å². The van der Waals surface area contributed by atoms with Gasteiger partial charge < -0.3 is 0 Å². The molecule has 0 spiro atoms. The molecule has 1 fully saturated rings. The van der Waals surface area contributed by atoms with Crippen molar-refractivity contribution < 1.29 is 17.4 Å². The van der Waals surface area contributed by atoms with E-state index >= 15 is 0 Å². The molecule has 0 N–H and O–H groups in total. The van der Waals surface area contributed by atoms with Gasteiger partial charge in [0, 0.05) is 0 Å². The SMILES string of the molecule is CC1=Cc2c(-c3ccccc3)ccc(C)c2[CH]1[Zr]([CH3])([CH3])(=[SiH2])[CH]1C(C(C)C)=Cc2c(-c3ccc(C4CCCCC4)cc3)cccc21.Cl.Cl. The van der Waals surface area contributed by atoms with Crippen LogP contribution < -0.4 is 0 Å². The van der Waals surface area contributed by atoms with Gasteiger partial charge in [-0.1, -0.05) is 0 Å². The first-order chi connectivity index (χ1) is 21.5. The van der Waals surface area contributed by atoms with Crippen molar-refractivity contribution in [3.8, 4) is 22.3 Å². The second-order valence-corrected chi connectivity index (χ2v) is 46.4. The Morgan fingerprint density at radius 2 is 1.30 bits per heavy atom. The number of hydrogen-bond acceptors (Lipinski definition) is 0. The minimum Gasteiger partial charge on any atom is -0.147 e. The molecule has 246 valence electrons. The van der Waals surface area contributed by atoms with Crippen LogP contribution in [0.15, 0.2) is 96.1 Å². The zero-order valence-electron chi connectivity index (χ0n) is 29.1. The van der Waals surface area contributed by atoms with Crippen LogP contribution in [0.2, 0.25) is 9.26 Å². The van der Waals surface area contributed by atoms with Gasteiger partial charge in [-0.2, -0.15) is 0 Å². The van der Waals surface area contributed by atoms with Crippen molar-refractivity contribution in [3.63, 3.8) is 0 Å². The molecule has 0 aromatic heterocycles. The summed E-state index contributed by atoms with van der Waals surface area (Å²) in [5, 5.41) is 0. The second-order valence-electron chi connectivity index (χ2n) is 15.9. The fraction of sp³-hybridized carbons (Fsp3) is 0.349. The van der Waals surface area contributed by atoms with Crippen molar-refractivity contribution in [3.05, 3.63) is 129 Å². The molecular formula is C43H52Cl2SiZr. The number of rotatable bonds is 6. The van der Waals surface area contributed by atoms with Crippen LogP contribution >= 0.6 is 24.8 Å². The van der Waals surface area contributed by atoms with Gasteiger partial charge in [-0.25, -0.2) is 0 Å². The molecule has 4 aromatic rings. The van der Waals surface area contributed by atoms with Crippen LogP contribution in [-0.4, -0.2) is 6.88 Å². The Hall–Kier alpha value is -1.96. The van der Waals surface area contributed by atoms with E-state index in [2.05, 4.69) is 141 Å². The Balaban J connectivity index is 0.00000217. The van der Waals surface area contributed by atoms with E-state index in [0.29, 0.717) is 13.2 Å². The first-order valence-electron chi connectivity index (χ1n) is 17.4. The molecule has 4 aromatic carbocycles. The van der Waals surface area contributed by atoms with Crippen LogP contribution in [0.3, 0.4) is 0 Å². The van der Waals surface area contributed by atoms with Gasteiger partial charge in [-0.3, -0.25) is 0 Å². The molecule has 3 aliphatic carbocycles. The van der Waals surface area contributed by atoms with Gasteiger partial charge in [-0.15, -0.1) is 24.8 Å². The van der Waals surface area contributed by atoms with E-state index in [1.54, 1.807) is 27.8 Å². The Labute approximate surface area is 298 Å². The Kier molecular flexibility index (Phi) is 10.6. The number of halogens is 2. The summed E-state index contributed by atoms with van der Waals surface area (Å²) >= 11 is -3.67. The smallest absolute Gasteiger partial charge is 0.147 e. The summed E-state index contributed by atoms with van der Waals surface area (Å²) < 4.78 is 6.63. The third-order valence-corrected chi connectivity index (χ3v) is 29.2. The summed E-state index contributed by atoms with van der Waals surface area (Å²) in [5.41, 5.74) is 17.9. The largest absolute Gasteiger partial charge is 0.147 e. The van der Waals surface area contributed by atoms with Crippen molar-refractivity contribution in [1.82, 2.24) is 0 Å². The first-order valence-corrected chi connectivity index (χ1v) is 31.1. The Bertz CT molecular complexity index is 1900. The van der Waals surface area contributed by atoms with Crippen molar-refractivity contribution >= 4 is 43.8 Å². The van der Waals surface area contributed by atoms with Crippen molar-refractivity contribution in [2.24, 2.45) is 5.92 Å². The molecule has 0 heterocycles. The van der Waals surface area contributed by atoms with Crippen LogP contribution in [0.25, 0.3) is 34.4 Å². The van der Waals surface area contributed by atoms with E-state index in [1.165, 1.54) is 71.0 Å². The summed E-state index contributed by atoms with van der Waals surface area (Å²) in [6.45, 7) is 12.1. The first kappa shape index (κ1) is 36.3. The molecule has 4 heteroatoms. The van der Waals surface area contributed by atoms with Gasteiger partial charge in [0.25, 0.3) is 0 Å². The van der Waals surface area contributed by atoms with E-state index < -0.39 is 17.4 Å². The number of fused-ring (bicyclic) bond motifs is 2. The topological polar surface area (TPSA) is 0 Å². The second kappa shape index (κ2) is 13.7. The van der Waals surface area contributed by atoms with Gasteiger partial charge in [0.15, 0.2) is 0 Å². The van der Waals surface area contributed by atoms with Crippen LogP contribution in [-0.2, 0) is 17.4 Å². The average Bonchev–Trinajstić information content (AvgIpc) is 3.63. The summed E-state index contributed by atoms with van der Waals surface area (Å²) in [5.74, 6) is 1.27. The predicted molar refractivity (Wildman–Crippen MR) is 211 cm³/mol. The zero-order valence-corrected chi connectivity index (χ0v) is 34.6. The normalized spacial score (nSPS) is 19.3. The third kappa shape index (κ3) is 6.31. The monoisotopic (exact) mass is 756 g/mol. The molecular weight excluding hydrogens is 707 g/mol. The summed E-state index contributed by atoms with van der Waals surface area (Å²) in [4.78, 5) is 0. The fourth-order valence-corrected chi connectivity index (χ4v) is 30.3. The molecule has 2 unspecified atom stereocenters. The maximum Gasteiger partial charge on any atom is -0.147 e. The molecule has 0 aliphatic heterocycles. The third-order valence-electron chi connectivity index (χ3n) is 11.7. The van der Waals surface area contributed by atoms with E-state index in [9.17, 15) is 0 Å². The molecule has 0 bridgehead atoms. The van der Waals surface area contributed by atoms with Crippen LogP contribution in [0.1, 0.15) is 99.4 Å². The summed E-state index contributed by atoms with van der Waals surface area (Å²) in [6, 6.07) is 32.7.